The molecule has 4 rings (SSSR count). The minimum Gasteiger partial charge on any atom is -0.486 e. The summed E-state index contributed by atoms with van der Waals surface area (Å²) in [6, 6.07) is 3.64. The summed E-state index contributed by atoms with van der Waals surface area (Å²) in [7, 11) is 0. The summed E-state index contributed by atoms with van der Waals surface area (Å²) < 4.78 is 11.1. The molecule has 0 N–H and O–H groups in total. The number of aromatic nitrogens is 3. The second-order valence-electron chi connectivity index (χ2n) is 5.36. The van der Waals surface area contributed by atoms with E-state index in [1.807, 2.05) is 12.1 Å². The first-order chi connectivity index (χ1) is 11.8. The van der Waals surface area contributed by atoms with Crippen molar-refractivity contribution in [2.24, 2.45) is 0 Å². The maximum absolute atomic E-state index is 12.5. The first kappa shape index (κ1) is 14.8. The van der Waals surface area contributed by atoms with Crippen molar-refractivity contribution < 1.29 is 14.1 Å². The summed E-state index contributed by atoms with van der Waals surface area (Å²) in [5, 5.41) is 5.86. The molecule has 0 spiro atoms. The maximum Gasteiger partial charge on any atom is 0.273 e. The molecule has 0 aromatic carbocycles. The van der Waals surface area contributed by atoms with Crippen molar-refractivity contribution in [1.82, 2.24) is 20.0 Å². The van der Waals surface area contributed by atoms with Gasteiger partial charge in [0, 0.05) is 30.1 Å². The van der Waals surface area contributed by atoms with E-state index in [0.717, 1.165) is 11.3 Å². The van der Waals surface area contributed by atoms with Crippen LogP contribution in [0.5, 0.6) is 5.75 Å². The van der Waals surface area contributed by atoms with E-state index in [-0.39, 0.29) is 12.5 Å². The van der Waals surface area contributed by atoms with Gasteiger partial charge < -0.3 is 14.2 Å². The molecule has 4 heterocycles. The molecule has 0 fully saturated rings. The minimum absolute atomic E-state index is 0.0674. The van der Waals surface area contributed by atoms with Gasteiger partial charge in [-0.05, 0) is 12.1 Å². The molecule has 7 nitrogen and oxygen atoms in total. The summed E-state index contributed by atoms with van der Waals surface area (Å²) >= 11 is 1.41. The molecule has 24 heavy (non-hydrogen) atoms. The van der Waals surface area contributed by atoms with Crippen LogP contribution in [0.2, 0.25) is 0 Å². The molecule has 0 saturated carbocycles. The van der Waals surface area contributed by atoms with E-state index in [4.69, 9.17) is 9.26 Å². The number of carbonyl (C=O) groups is 1. The number of pyridine rings is 1. The van der Waals surface area contributed by atoms with Gasteiger partial charge in [-0.2, -0.15) is 0 Å². The van der Waals surface area contributed by atoms with Crippen LogP contribution in [0.15, 0.2) is 39.9 Å². The summed E-state index contributed by atoms with van der Waals surface area (Å²) in [5.74, 6) is 1.42. The Labute approximate surface area is 141 Å². The average Bonchev–Trinajstić information content (AvgIpc) is 3.30. The predicted molar refractivity (Wildman–Crippen MR) is 85.6 cm³/mol. The van der Waals surface area contributed by atoms with Crippen molar-refractivity contribution in [2.75, 3.05) is 6.54 Å². The van der Waals surface area contributed by atoms with Crippen LogP contribution in [0.1, 0.15) is 27.5 Å². The summed E-state index contributed by atoms with van der Waals surface area (Å²) in [6.07, 6.45) is 3.97. The third kappa shape index (κ3) is 2.88. The molecule has 3 aromatic rings. The molecule has 1 aliphatic heterocycles. The van der Waals surface area contributed by atoms with E-state index in [9.17, 15) is 4.79 Å². The standard InChI is InChI=1S/C16H14N4O3S/c21-16(14-9-24-10-18-14)20-5-3-15-12(7-20)13(19-23-15)8-22-11-2-1-4-17-6-11/h1-2,4,6,9-10H,3,5,7-8H2. The Hall–Kier alpha value is -2.74. The maximum atomic E-state index is 12.5. The van der Waals surface area contributed by atoms with Crippen LogP contribution >= 0.6 is 11.3 Å². The van der Waals surface area contributed by atoms with Gasteiger partial charge in [-0.1, -0.05) is 5.16 Å². The highest BCUT2D eigenvalue weighted by atomic mass is 32.1. The van der Waals surface area contributed by atoms with Crippen LogP contribution in [0, 0.1) is 0 Å². The molecular formula is C16H14N4O3S. The molecule has 0 unspecified atom stereocenters. The van der Waals surface area contributed by atoms with E-state index in [1.165, 1.54) is 11.3 Å². The van der Waals surface area contributed by atoms with Crippen LogP contribution in [-0.2, 0) is 19.6 Å². The van der Waals surface area contributed by atoms with E-state index in [2.05, 4.69) is 15.1 Å². The number of carbonyl (C=O) groups excluding carboxylic acids is 1. The summed E-state index contributed by atoms with van der Waals surface area (Å²) in [5.41, 5.74) is 3.78. The quantitative estimate of drug-likeness (QED) is 0.724. The SMILES string of the molecule is O=C(c1cscn1)N1CCc2onc(COc3cccnc3)c2C1. The van der Waals surface area contributed by atoms with Crippen molar-refractivity contribution in [3.05, 3.63) is 58.1 Å². The van der Waals surface area contributed by atoms with Crippen LogP contribution in [0.4, 0.5) is 0 Å². The van der Waals surface area contributed by atoms with Gasteiger partial charge in [0.05, 0.1) is 18.3 Å². The van der Waals surface area contributed by atoms with Crippen molar-refractivity contribution in [3.8, 4) is 5.75 Å². The molecule has 122 valence electrons. The zero-order valence-corrected chi connectivity index (χ0v) is 13.5. The molecule has 1 aliphatic rings. The van der Waals surface area contributed by atoms with Gasteiger partial charge in [0.2, 0.25) is 0 Å². The van der Waals surface area contributed by atoms with Gasteiger partial charge >= 0.3 is 0 Å². The van der Waals surface area contributed by atoms with Crippen molar-refractivity contribution in [1.29, 1.82) is 0 Å². The second kappa shape index (κ2) is 6.40. The Balaban J connectivity index is 1.48. The van der Waals surface area contributed by atoms with Gasteiger partial charge in [0.15, 0.2) is 0 Å². The molecule has 8 heteroatoms. The normalized spacial score (nSPS) is 13.6. The number of hydrogen-bond donors (Lipinski definition) is 0. The Morgan fingerprint density at radius 3 is 3.21 bits per heavy atom. The zero-order chi connectivity index (χ0) is 16.4. The van der Waals surface area contributed by atoms with Gasteiger partial charge in [-0.3, -0.25) is 9.78 Å². The van der Waals surface area contributed by atoms with Crippen LogP contribution in [0.25, 0.3) is 0 Å². The molecule has 0 atom stereocenters. The van der Waals surface area contributed by atoms with E-state index < -0.39 is 0 Å². The van der Waals surface area contributed by atoms with E-state index in [0.29, 0.717) is 36.6 Å². The van der Waals surface area contributed by atoms with Crippen molar-refractivity contribution in [2.45, 2.75) is 19.6 Å². The number of rotatable bonds is 4. The fourth-order valence-corrected chi connectivity index (χ4v) is 3.14. The van der Waals surface area contributed by atoms with Crippen LogP contribution in [0.3, 0.4) is 0 Å². The second-order valence-corrected chi connectivity index (χ2v) is 6.08. The number of hydrogen-bond acceptors (Lipinski definition) is 7. The topological polar surface area (TPSA) is 81.4 Å². The Morgan fingerprint density at radius 1 is 1.46 bits per heavy atom. The minimum atomic E-state index is -0.0674. The van der Waals surface area contributed by atoms with Gasteiger partial charge in [0.25, 0.3) is 5.91 Å². The van der Waals surface area contributed by atoms with Gasteiger partial charge in [-0.15, -0.1) is 11.3 Å². The molecular weight excluding hydrogens is 328 g/mol. The van der Waals surface area contributed by atoms with Crippen molar-refractivity contribution >= 4 is 17.2 Å². The first-order valence-corrected chi connectivity index (χ1v) is 8.42. The average molecular weight is 342 g/mol. The van der Waals surface area contributed by atoms with E-state index in [1.54, 1.807) is 28.2 Å². The zero-order valence-electron chi connectivity index (χ0n) is 12.7. The number of fused-ring (bicyclic) bond motifs is 1. The fraction of sp³-hybridized carbons (Fsp3) is 0.250. The molecule has 0 aliphatic carbocycles. The highest BCUT2D eigenvalue weighted by Gasteiger charge is 2.28. The first-order valence-electron chi connectivity index (χ1n) is 7.48. The Bertz CT molecular complexity index is 832. The van der Waals surface area contributed by atoms with Crippen molar-refractivity contribution in [3.63, 3.8) is 0 Å². The third-order valence-electron chi connectivity index (χ3n) is 3.86. The largest absolute Gasteiger partial charge is 0.486 e. The monoisotopic (exact) mass is 342 g/mol. The third-order valence-corrected chi connectivity index (χ3v) is 4.44. The molecule has 0 saturated heterocycles. The fourth-order valence-electron chi connectivity index (χ4n) is 2.61. The lowest BCUT2D eigenvalue weighted by molar-refractivity contribution is 0.0723. The smallest absolute Gasteiger partial charge is 0.273 e. The highest BCUT2D eigenvalue weighted by Crippen LogP contribution is 2.24. The molecule has 0 bridgehead atoms. The predicted octanol–water partition coefficient (Wildman–Crippen LogP) is 2.30. The van der Waals surface area contributed by atoms with E-state index >= 15 is 0 Å². The molecule has 3 aromatic heterocycles. The Morgan fingerprint density at radius 2 is 2.42 bits per heavy atom. The van der Waals surface area contributed by atoms with Gasteiger partial charge in [0.1, 0.15) is 29.5 Å². The highest BCUT2D eigenvalue weighted by molar-refractivity contribution is 7.07. The number of ether oxygens (including phenoxy) is 1. The number of nitrogens with zero attached hydrogens (tertiary/aromatic N) is 4. The lowest BCUT2D eigenvalue weighted by Gasteiger charge is -2.25. The van der Waals surface area contributed by atoms with Crippen LogP contribution < -0.4 is 4.74 Å². The molecule has 1 amide bonds. The molecule has 0 radical (unpaired) electrons. The van der Waals surface area contributed by atoms with Crippen LogP contribution in [-0.4, -0.2) is 32.5 Å². The Kier molecular flexibility index (Phi) is 3.96. The number of thiazole rings is 1. The summed E-state index contributed by atoms with van der Waals surface area (Å²) in [4.78, 5) is 22.3. The number of amides is 1. The lowest BCUT2D eigenvalue weighted by atomic mass is 10.1. The summed E-state index contributed by atoms with van der Waals surface area (Å²) in [6.45, 7) is 1.34. The lowest BCUT2D eigenvalue weighted by Crippen LogP contribution is -2.36. The van der Waals surface area contributed by atoms with Gasteiger partial charge in [-0.25, -0.2) is 4.98 Å².